The van der Waals surface area contributed by atoms with E-state index in [-0.39, 0.29) is 6.07 Å². The Morgan fingerprint density at radius 3 is 2.11 bits per heavy atom. The van der Waals surface area contributed by atoms with Gasteiger partial charge in [0.1, 0.15) is 0 Å². The van der Waals surface area contributed by atoms with E-state index in [9.17, 15) is 31.1 Å². The van der Waals surface area contributed by atoms with E-state index in [0.29, 0.717) is 0 Å². The monoisotopic (exact) mass is 291 g/mol. The van der Waals surface area contributed by atoms with Gasteiger partial charge in [0.2, 0.25) is 0 Å². The zero-order valence-corrected chi connectivity index (χ0v) is 8.50. The minimum absolute atomic E-state index is 0.0282. The number of halogens is 6. The van der Waals surface area contributed by atoms with Crippen LogP contribution in [0.3, 0.4) is 0 Å². The summed E-state index contributed by atoms with van der Waals surface area (Å²) in [7, 11) is 0. The molecule has 0 aliphatic carbocycles. The van der Waals surface area contributed by atoms with Crippen molar-refractivity contribution in [3.05, 3.63) is 17.5 Å². The first-order chi connectivity index (χ1) is 8.42. The quantitative estimate of drug-likeness (QED) is 0.818. The molecule has 0 amide bonds. The predicted molar refractivity (Wildman–Crippen MR) is 44.5 cm³/mol. The summed E-state index contributed by atoms with van der Waals surface area (Å²) >= 11 is 0. The van der Waals surface area contributed by atoms with Crippen LogP contribution in [0.5, 0.6) is 11.5 Å². The number of carboxylic acids is 1. The highest BCUT2D eigenvalue weighted by molar-refractivity contribution is 5.86. The largest absolute Gasteiger partial charge is 0.573 e. The fourth-order valence-corrected chi connectivity index (χ4v) is 1.02. The summed E-state index contributed by atoms with van der Waals surface area (Å²) in [5, 5.41) is 17.4. The van der Waals surface area contributed by atoms with Crippen LogP contribution in [0.2, 0.25) is 0 Å². The number of aromatic hydroxyl groups is 1. The standard InChI is InChI=1S/C8H3F6NO4/c9-7(10,11)5-4(16)3(19-8(12,13)14)1-2(15-5)6(17)18/h1,16H,(H,17,18). The average molecular weight is 291 g/mol. The van der Waals surface area contributed by atoms with E-state index in [2.05, 4.69) is 9.72 Å². The van der Waals surface area contributed by atoms with Crippen molar-refractivity contribution in [2.45, 2.75) is 12.5 Å². The van der Waals surface area contributed by atoms with E-state index in [4.69, 9.17) is 10.2 Å². The Labute approximate surface area is 99.6 Å². The molecule has 0 unspecified atom stereocenters. The zero-order valence-electron chi connectivity index (χ0n) is 8.50. The van der Waals surface area contributed by atoms with Crippen LogP contribution in [-0.2, 0) is 6.18 Å². The Hall–Kier alpha value is -2.20. The maximum absolute atomic E-state index is 12.4. The van der Waals surface area contributed by atoms with Gasteiger partial charge in [0, 0.05) is 6.07 Å². The number of alkyl halides is 6. The molecule has 106 valence electrons. The highest BCUT2D eigenvalue weighted by atomic mass is 19.4. The number of ether oxygens (including phenoxy) is 1. The van der Waals surface area contributed by atoms with E-state index in [1.807, 2.05) is 0 Å². The summed E-state index contributed by atoms with van der Waals surface area (Å²) in [5.41, 5.74) is -3.55. The van der Waals surface area contributed by atoms with Gasteiger partial charge >= 0.3 is 18.5 Å². The van der Waals surface area contributed by atoms with Crippen molar-refractivity contribution in [1.29, 1.82) is 0 Å². The normalized spacial score (nSPS) is 12.3. The van der Waals surface area contributed by atoms with Crippen molar-refractivity contribution < 1.29 is 46.1 Å². The van der Waals surface area contributed by atoms with Crippen LogP contribution >= 0.6 is 0 Å². The first-order valence-corrected chi connectivity index (χ1v) is 4.22. The van der Waals surface area contributed by atoms with Gasteiger partial charge in [-0.25, -0.2) is 9.78 Å². The third-order valence-corrected chi connectivity index (χ3v) is 1.67. The van der Waals surface area contributed by atoms with Crippen molar-refractivity contribution in [3.63, 3.8) is 0 Å². The predicted octanol–water partition coefficient (Wildman–Crippen LogP) is 2.40. The lowest BCUT2D eigenvalue weighted by Crippen LogP contribution is -2.19. The number of hydrogen-bond donors (Lipinski definition) is 2. The lowest BCUT2D eigenvalue weighted by molar-refractivity contribution is -0.275. The molecule has 0 spiro atoms. The molecule has 1 aromatic rings. The van der Waals surface area contributed by atoms with E-state index in [0.717, 1.165) is 0 Å². The van der Waals surface area contributed by atoms with Gasteiger partial charge in [0.15, 0.2) is 22.9 Å². The molecule has 1 heterocycles. The van der Waals surface area contributed by atoms with Gasteiger partial charge in [0.25, 0.3) is 0 Å². The van der Waals surface area contributed by atoms with Gasteiger partial charge in [-0.1, -0.05) is 0 Å². The van der Waals surface area contributed by atoms with Crippen molar-refractivity contribution in [2.75, 3.05) is 0 Å². The fourth-order valence-electron chi connectivity index (χ4n) is 1.02. The van der Waals surface area contributed by atoms with Crippen LogP contribution < -0.4 is 4.74 Å². The number of carboxylic acid groups (broad SMARTS) is 1. The van der Waals surface area contributed by atoms with E-state index in [1.165, 1.54) is 0 Å². The second kappa shape index (κ2) is 4.48. The maximum Gasteiger partial charge on any atom is 0.573 e. The van der Waals surface area contributed by atoms with Gasteiger partial charge < -0.3 is 14.9 Å². The minimum Gasteiger partial charge on any atom is -0.503 e. The van der Waals surface area contributed by atoms with Crippen molar-refractivity contribution in [3.8, 4) is 11.5 Å². The van der Waals surface area contributed by atoms with Crippen LogP contribution in [-0.4, -0.2) is 27.5 Å². The smallest absolute Gasteiger partial charge is 0.503 e. The molecular formula is C8H3F6NO4. The molecule has 0 fully saturated rings. The molecule has 1 rings (SSSR count). The molecule has 0 bridgehead atoms. The Morgan fingerprint density at radius 1 is 1.21 bits per heavy atom. The van der Waals surface area contributed by atoms with E-state index >= 15 is 0 Å². The molecule has 0 aromatic carbocycles. The maximum atomic E-state index is 12.4. The number of aromatic carboxylic acids is 1. The molecule has 0 radical (unpaired) electrons. The third-order valence-electron chi connectivity index (χ3n) is 1.67. The summed E-state index contributed by atoms with van der Waals surface area (Å²) in [6.45, 7) is 0. The molecule has 11 heteroatoms. The lowest BCUT2D eigenvalue weighted by Gasteiger charge is -2.14. The van der Waals surface area contributed by atoms with Gasteiger partial charge in [0.05, 0.1) is 0 Å². The molecule has 0 saturated carbocycles. The van der Waals surface area contributed by atoms with Crippen LogP contribution in [0.25, 0.3) is 0 Å². The molecular weight excluding hydrogens is 288 g/mol. The van der Waals surface area contributed by atoms with Crippen LogP contribution in [0.1, 0.15) is 16.2 Å². The van der Waals surface area contributed by atoms with E-state index in [1.54, 1.807) is 0 Å². The number of nitrogens with zero attached hydrogens (tertiary/aromatic N) is 1. The minimum atomic E-state index is -5.41. The van der Waals surface area contributed by atoms with Crippen LogP contribution in [0.4, 0.5) is 26.3 Å². The number of carbonyl (C=O) groups is 1. The molecule has 19 heavy (non-hydrogen) atoms. The van der Waals surface area contributed by atoms with E-state index < -0.39 is 41.4 Å². The molecule has 5 nitrogen and oxygen atoms in total. The average Bonchev–Trinajstić information content (AvgIpc) is 2.16. The summed E-state index contributed by atoms with van der Waals surface area (Å²) in [6, 6.07) is 0.0282. The summed E-state index contributed by atoms with van der Waals surface area (Å²) in [4.78, 5) is 13.0. The number of hydrogen-bond acceptors (Lipinski definition) is 4. The van der Waals surface area contributed by atoms with Gasteiger partial charge in [-0.15, -0.1) is 13.2 Å². The molecule has 1 aromatic heterocycles. The van der Waals surface area contributed by atoms with Crippen molar-refractivity contribution in [1.82, 2.24) is 4.98 Å². The van der Waals surface area contributed by atoms with Crippen molar-refractivity contribution in [2.24, 2.45) is 0 Å². The molecule has 0 atom stereocenters. The zero-order chi connectivity index (χ0) is 15.0. The van der Waals surface area contributed by atoms with Gasteiger partial charge in [-0.05, 0) is 0 Å². The second-order valence-electron chi connectivity index (χ2n) is 3.05. The Bertz CT molecular complexity index is 509. The Balaban J connectivity index is 3.46. The lowest BCUT2D eigenvalue weighted by atomic mass is 10.2. The topological polar surface area (TPSA) is 79.7 Å². The summed E-state index contributed by atoms with van der Waals surface area (Å²) < 4.78 is 75.9. The van der Waals surface area contributed by atoms with Crippen molar-refractivity contribution >= 4 is 5.97 Å². The highest BCUT2D eigenvalue weighted by Crippen LogP contribution is 2.41. The Morgan fingerprint density at radius 2 is 1.74 bits per heavy atom. The van der Waals surface area contributed by atoms with Crippen LogP contribution in [0.15, 0.2) is 6.07 Å². The molecule has 0 aliphatic heterocycles. The molecule has 2 N–H and O–H groups in total. The summed E-state index contributed by atoms with van der Waals surface area (Å²) in [6.07, 6.45) is -10.8. The third kappa shape index (κ3) is 3.63. The van der Waals surface area contributed by atoms with Gasteiger partial charge in [-0.2, -0.15) is 13.2 Å². The molecule has 0 aliphatic rings. The number of rotatable bonds is 2. The summed E-state index contributed by atoms with van der Waals surface area (Å²) in [5.74, 6) is -5.67. The molecule has 0 saturated heterocycles. The van der Waals surface area contributed by atoms with Gasteiger partial charge in [-0.3, -0.25) is 0 Å². The Kier molecular flexibility index (Phi) is 3.50. The fraction of sp³-hybridized carbons (Fsp3) is 0.250. The highest BCUT2D eigenvalue weighted by Gasteiger charge is 2.41. The second-order valence-corrected chi connectivity index (χ2v) is 3.05. The first-order valence-electron chi connectivity index (χ1n) is 4.22. The SMILES string of the molecule is O=C(O)c1cc(OC(F)(F)F)c(O)c(C(F)(F)F)n1. The van der Waals surface area contributed by atoms with Crippen LogP contribution in [0, 0.1) is 0 Å². The first kappa shape index (κ1) is 14.9. The number of pyridine rings is 1. The number of aromatic nitrogens is 1.